The van der Waals surface area contributed by atoms with Crippen molar-refractivity contribution >= 4 is 0 Å². The van der Waals surface area contributed by atoms with Crippen LogP contribution in [0.2, 0.25) is 0 Å². The predicted molar refractivity (Wildman–Crippen MR) is 202 cm³/mol. The van der Waals surface area contributed by atoms with Crippen molar-refractivity contribution in [2.45, 2.75) is 144 Å². The fourth-order valence-corrected chi connectivity index (χ4v) is 5.47. The van der Waals surface area contributed by atoms with Gasteiger partial charge in [0.1, 0.15) is 0 Å². The van der Waals surface area contributed by atoms with E-state index >= 15 is 0 Å². The van der Waals surface area contributed by atoms with Crippen LogP contribution in [-0.4, -0.2) is 26.4 Å². The van der Waals surface area contributed by atoms with Crippen LogP contribution in [0.4, 0.5) is 0 Å². The van der Waals surface area contributed by atoms with Crippen molar-refractivity contribution in [1.29, 1.82) is 0 Å². The zero-order valence-electron chi connectivity index (χ0n) is 33.4. The van der Waals surface area contributed by atoms with Crippen LogP contribution in [0.25, 0.3) is 0 Å². The second-order valence-corrected chi connectivity index (χ2v) is 14.9. The van der Waals surface area contributed by atoms with Crippen molar-refractivity contribution in [3.8, 4) is 17.2 Å². The number of benzene rings is 3. The summed E-state index contributed by atoms with van der Waals surface area (Å²) in [4.78, 5) is 0. The molecule has 2 aliphatic rings. The summed E-state index contributed by atoms with van der Waals surface area (Å²) >= 11 is 0. The maximum atomic E-state index is 11.9. The molecule has 0 aromatic heterocycles. The Morgan fingerprint density at radius 3 is 0.620 bits per heavy atom. The Balaban J connectivity index is 0.000000625. The Morgan fingerprint density at radius 1 is 0.360 bits per heavy atom. The average molecular weight is 820 g/mol. The van der Waals surface area contributed by atoms with Crippen molar-refractivity contribution in [2.24, 2.45) is 0 Å². The quantitative estimate of drug-likeness (QED) is 0.247. The standard InChI is InChI=1S/3C12H18O.2C4H8O.Nd/c3*1-8(2)10-6-5-7-11(9(3)4)12(10)13;2*1-2-4-5-3-1;/h3*5-9,13H,1-4H3;2*1-4H2;/q;;;;;+3/p-3. The molecule has 277 valence electrons. The van der Waals surface area contributed by atoms with Crippen molar-refractivity contribution in [3.63, 3.8) is 0 Å². The summed E-state index contributed by atoms with van der Waals surface area (Å²) in [7, 11) is 0. The Hall–Kier alpha value is -1.67. The smallest absolute Gasteiger partial charge is 0.872 e. The zero-order chi connectivity index (χ0) is 37.1. The molecule has 5 nitrogen and oxygen atoms in total. The molecule has 0 atom stereocenters. The molecule has 50 heavy (non-hydrogen) atoms. The molecule has 3 aromatic carbocycles. The zero-order valence-corrected chi connectivity index (χ0v) is 36.6. The Morgan fingerprint density at radius 2 is 0.520 bits per heavy atom. The maximum Gasteiger partial charge on any atom is 3.00 e. The molecule has 2 heterocycles. The van der Waals surface area contributed by atoms with Crippen molar-refractivity contribution in [1.82, 2.24) is 0 Å². The third-order valence-electron chi connectivity index (χ3n) is 8.61. The first-order valence-corrected chi connectivity index (χ1v) is 18.7. The van der Waals surface area contributed by atoms with Gasteiger partial charge in [-0.05, 0) is 61.2 Å². The van der Waals surface area contributed by atoms with Gasteiger partial charge in [0, 0.05) is 26.4 Å². The van der Waals surface area contributed by atoms with E-state index < -0.39 is 0 Å². The van der Waals surface area contributed by atoms with Gasteiger partial charge in [0.25, 0.3) is 0 Å². The first kappa shape index (κ1) is 48.3. The number of hydrogen-bond donors (Lipinski definition) is 0. The van der Waals surface area contributed by atoms with E-state index in [-0.39, 0.29) is 58.1 Å². The Bertz CT molecular complexity index is 1070. The molecule has 0 N–H and O–H groups in total. The molecule has 2 saturated heterocycles. The molecule has 1 radical (unpaired) electrons. The molecule has 5 rings (SSSR count). The minimum atomic E-state index is 0. The van der Waals surface area contributed by atoms with Gasteiger partial charge in [-0.3, -0.25) is 0 Å². The average Bonchev–Trinajstić information content (AvgIpc) is 3.82. The van der Waals surface area contributed by atoms with Crippen LogP contribution < -0.4 is 15.3 Å². The molecule has 0 saturated carbocycles. The summed E-state index contributed by atoms with van der Waals surface area (Å²) < 4.78 is 9.89. The Kier molecular flexibility index (Phi) is 25.3. The fraction of sp³-hybridized carbons (Fsp3) is 0.591. The molecule has 0 unspecified atom stereocenters. The van der Waals surface area contributed by atoms with Gasteiger partial charge in [-0.2, -0.15) is 0 Å². The van der Waals surface area contributed by atoms with Crippen LogP contribution in [0.5, 0.6) is 17.2 Å². The summed E-state index contributed by atoms with van der Waals surface area (Å²) in [5.41, 5.74) is 5.62. The summed E-state index contributed by atoms with van der Waals surface area (Å²) in [5.74, 6) is 2.64. The maximum absolute atomic E-state index is 11.9. The third-order valence-corrected chi connectivity index (χ3v) is 8.61. The summed E-state index contributed by atoms with van der Waals surface area (Å²) in [6.07, 6.45) is 5.11. The summed E-state index contributed by atoms with van der Waals surface area (Å²) in [5, 5.41) is 35.6. The number of para-hydroxylation sites is 3. The van der Waals surface area contributed by atoms with Crippen molar-refractivity contribution in [2.75, 3.05) is 26.4 Å². The number of ether oxygens (including phenoxy) is 2. The van der Waals surface area contributed by atoms with Crippen LogP contribution in [-0.2, 0) is 9.47 Å². The number of rotatable bonds is 6. The van der Waals surface area contributed by atoms with Gasteiger partial charge < -0.3 is 24.8 Å². The molecule has 2 aliphatic heterocycles. The predicted octanol–water partition coefficient (Wildman–Crippen LogP) is 10.6. The molecule has 2 fully saturated rings. The second-order valence-electron chi connectivity index (χ2n) is 14.9. The SMILES string of the molecule is C1CCOC1.C1CCOC1.CC(C)c1cccc(C(C)C)c1[O-].CC(C)c1cccc(C(C)C)c1[O-].CC(C)c1cccc(C(C)C)c1[O-].[Nd+3]. The topological polar surface area (TPSA) is 87.6 Å². The van der Waals surface area contributed by atoms with Gasteiger partial charge in [-0.1, -0.05) is 171 Å². The van der Waals surface area contributed by atoms with E-state index in [1.807, 2.05) is 54.6 Å². The van der Waals surface area contributed by atoms with Gasteiger partial charge in [0.05, 0.1) is 0 Å². The first-order chi connectivity index (χ1) is 23.1. The molecular formula is C44H67NdO5. The van der Waals surface area contributed by atoms with E-state index in [0.29, 0.717) is 35.5 Å². The monoisotopic (exact) mass is 817 g/mol. The molecule has 3 aromatic rings. The van der Waals surface area contributed by atoms with Crippen molar-refractivity contribution in [3.05, 3.63) is 88.0 Å². The fourth-order valence-electron chi connectivity index (χ4n) is 5.47. The molecule has 0 amide bonds. The minimum Gasteiger partial charge on any atom is -0.872 e. The van der Waals surface area contributed by atoms with Gasteiger partial charge >= 0.3 is 40.8 Å². The van der Waals surface area contributed by atoms with Gasteiger partial charge in [0.2, 0.25) is 0 Å². The molecule has 0 aliphatic carbocycles. The van der Waals surface area contributed by atoms with Crippen molar-refractivity contribution < 1.29 is 65.6 Å². The van der Waals surface area contributed by atoms with Crippen LogP contribution in [0, 0.1) is 40.8 Å². The number of hydrogen-bond acceptors (Lipinski definition) is 5. The van der Waals surface area contributed by atoms with Gasteiger partial charge in [-0.25, -0.2) is 0 Å². The first-order valence-electron chi connectivity index (χ1n) is 18.7. The minimum absolute atomic E-state index is 0. The van der Waals surface area contributed by atoms with Crippen LogP contribution in [0.15, 0.2) is 54.6 Å². The van der Waals surface area contributed by atoms with E-state index in [9.17, 15) is 15.3 Å². The second kappa shape index (κ2) is 26.2. The third kappa shape index (κ3) is 17.2. The molecule has 0 bridgehead atoms. The molecular weight excluding hydrogens is 753 g/mol. The van der Waals surface area contributed by atoms with E-state index in [2.05, 4.69) is 83.1 Å². The van der Waals surface area contributed by atoms with Crippen LogP contribution in [0.1, 0.15) is 178 Å². The van der Waals surface area contributed by atoms with E-state index in [4.69, 9.17) is 9.47 Å². The summed E-state index contributed by atoms with van der Waals surface area (Å²) in [6, 6.07) is 17.5. The van der Waals surface area contributed by atoms with E-state index in [1.54, 1.807) is 0 Å². The van der Waals surface area contributed by atoms with E-state index in [1.165, 1.54) is 25.7 Å². The van der Waals surface area contributed by atoms with Gasteiger partial charge in [0.15, 0.2) is 0 Å². The summed E-state index contributed by atoms with van der Waals surface area (Å²) in [6.45, 7) is 28.7. The Labute approximate surface area is 339 Å². The molecule has 0 spiro atoms. The van der Waals surface area contributed by atoms with E-state index in [0.717, 1.165) is 59.8 Å². The largest absolute Gasteiger partial charge is 3.00 e. The van der Waals surface area contributed by atoms with Crippen LogP contribution >= 0.6 is 0 Å². The normalized spacial score (nSPS) is 13.6. The van der Waals surface area contributed by atoms with Gasteiger partial charge in [-0.15, -0.1) is 17.2 Å². The van der Waals surface area contributed by atoms with Crippen LogP contribution in [0.3, 0.4) is 0 Å². The molecule has 6 heteroatoms.